The van der Waals surface area contributed by atoms with Crippen LogP contribution in [0.4, 0.5) is 11.5 Å². The maximum atomic E-state index is 9.63. The minimum Gasteiger partial charge on any atom is -0.474 e. The first-order valence-electron chi connectivity index (χ1n) is 10.2. The van der Waals surface area contributed by atoms with Crippen molar-refractivity contribution in [2.75, 3.05) is 18.5 Å². The Hall–Kier alpha value is -3.55. The number of anilines is 2. The topological polar surface area (TPSA) is 123 Å². The van der Waals surface area contributed by atoms with Gasteiger partial charge in [-0.1, -0.05) is 0 Å². The van der Waals surface area contributed by atoms with Gasteiger partial charge in [0.2, 0.25) is 5.88 Å². The lowest BCUT2D eigenvalue weighted by molar-refractivity contribution is -0.0134. The Balaban J connectivity index is 1.35. The standard InChI is InChI=1S/C21H22N8O2/c1-13-20(28-19-3-2-17(4-14(19)7-22)29-12-23-10-26-29)24-11-25-21(13)31-18-5-15-8-30-9-16(6-18)27-15/h2-4,10-12,15-16,18,27H,5-6,8-9H2,1H3,(H,24,25,28). The Bertz CT molecular complexity index is 1100. The Morgan fingerprint density at radius 1 is 1.23 bits per heavy atom. The summed E-state index contributed by atoms with van der Waals surface area (Å²) in [7, 11) is 0. The molecule has 2 aliphatic rings. The van der Waals surface area contributed by atoms with E-state index in [0.717, 1.165) is 24.1 Å². The van der Waals surface area contributed by atoms with Crippen LogP contribution < -0.4 is 15.4 Å². The fraction of sp³-hybridized carbons (Fsp3) is 0.381. The molecule has 2 bridgehead atoms. The molecule has 31 heavy (non-hydrogen) atoms. The first kappa shape index (κ1) is 19.4. The van der Waals surface area contributed by atoms with Gasteiger partial charge in [0.25, 0.3) is 0 Å². The van der Waals surface area contributed by atoms with Gasteiger partial charge in [-0.3, -0.25) is 0 Å². The van der Waals surface area contributed by atoms with Crippen LogP contribution in [0.3, 0.4) is 0 Å². The van der Waals surface area contributed by atoms with Crippen LogP contribution in [-0.2, 0) is 4.74 Å². The van der Waals surface area contributed by atoms with E-state index < -0.39 is 0 Å². The summed E-state index contributed by atoms with van der Waals surface area (Å²) >= 11 is 0. The molecule has 4 heterocycles. The number of nitrogens with one attached hydrogen (secondary N) is 2. The predicted molar refractivity (Wildman–Crippen MR) is 111 cm³/mol. The van der Waals surface area contributed by atoms with Gasteiger partial charge in [-0.2, -0.15) is 10.4 Å². The van der Waals surface area contributed by atoms with Crippen molar-refractivity contribution in [1.29, 1.82) is 5.26 Å². The van der Waals surface area contributed by atoms with Crippen LogP contribution in [0.1, 0.15) is 24.0 Å². The summed E-state index contributed by atoms with van der Waals surface area (Å²) in [4.78, 5) is 12.7. The predicted octanol–water partition coefficient (Wildman–Crippen LogP) is 1.88. The van der Waals surface area contributed by atoms with E-state index in [4.69, 9.17) is 9.47 Å². The molecule has 0 saturated carbocycles. The molecule has 2 fully saturated rings. The number of aromatic nitrogens is 5. The monoisotopic (exact) mass is 418 g/mol. The first-order valence-corrected chi connectivity index (χ1v) is 10.2. The molecule has 5 rings (SSSR count). The van der Waals surface area contributed by atoms with Gasteiger partial charge in [-0.25, -0.2) is 19.6 Å². The second-order valence-corrected chi connectivity index (χ2v) is 7.77. The van der Waals surface area contributed by atoms with E-state index in [1.807, 2.05) is 19.1 Å². The van der Waals surface area contributed by atoms with Gasteiger partial charge < -0.3 is 20.1 Å². The fourth-order valence-corrected chi connectivity index (χ4v) is 4.06. The van der Waals surface area contributed by atoms with E-state index >= 15 is 0 Å². The molecule has 0 aliphatic carbocycles. The molecular weight excluding hydrogens is 396 g/mol. The van der Waals surface area contributed by atoms with Crippen LogP contribution in [0.2, 0.25) is 0 Å². The highest BCUT2D eigenvalue weighted by Crippen LogP contribution is 2.29. The number of rotatable bonds is 5. The highest BCUT2D eigenvalue weighted by molar-refractivity contribution is 5.68. The number of piperidine rings is 1. The van der Waals surface area contributed by atoms with E-state index in [1.54, 1.807) is 17.1 Å². The summed E-state index contributed by atoms with van der Waals surface area (Å²) in [5.74, 6) is 1.16. The molecule has 2 aromatic heterocycles. The van der Waals surface area contributed by atoms with Gasteiger partial charge >= 0.3 is 0 Å². The van der Waals surface area contributed by atoms with Gasteiger partial charge in [0.1, 0.15) is 37.0 Å². The second kappa shape index (κ2) is 8.29. The molecule has 10 nitrogen and oxygen atoms in total. The Labute approximate surface area is 179 Å². The maximum Gasteiger partial charge on any atom is 0.221 e. The normalized spacial score (nSPS) is 22.5. The number of hydrogen-bond donors (Lipinski definition) is 2. The van der Waals surface area contributed by atoms with Crippen LogP contribution in [0, 0.1) is 18.3 Å². The van der Waals surface area contributed by atoms with E-state index in [-0.39, 0.29) is 6.10 Å². The maximum absolute atomic E-state index is 9.63. The first-order chi connectivity index (χ1) is 15.2. The Morgan fingerprint density at radius 2 is 2.06 bits per heavy atom. The van der Waals surface area contributed by atoms with Gasteiger partial charge in [0.05, 0.1) is 35.7 Å². The summed E-state index contributed by atoms with van der Waals surface area (Å²) in [5.41, 5.74) is 2.67. The zero-order chi connectivity index (χ0) is 21.2. The molecule has 0 radical (unpaired) electrons. The summed E-state index contributed by atoms with van der Waals surface area (Å²) in [5, 5.41) is 20.5. The largest absolute Gasteiger partial charge is 0.474 e. The van der Waals surface area contributed by atoms with Crippen LogP contribution in [0.25, 0.3) is 5.69 Å². The number of ether oxygens (including phenoxy) is 2. The van der Waals surface area contributed by atoms with Crippen LogP contribution in [0.15, 0.2) is 37.2 Å². The zero-order valence-corrected chi connectivity index (χ0v) is 17.0. The average Bonchev–Trinajstić information content (AvgIpc) is 3.31. The molecule has 3 aromatic rings. The summed E-state index contributed by atoms with van der Waals surface area (Å²) < 4.78 is 13.5. The number of hydrogen-bond acceptors (Lipinski definition) is 9. The molecule has 2 atom stereocenters. The van der Waals surface area contributed by atoms with Crippen LogP contribution in [-0.4, -0.2) is 56.1 Å². The third-order valence-corrected chi connectivity index (χ3v) is 5.58. The van der Waals surface area contributed by atoms with Crippen LogP contribution in [0.5, 0.6) is 5.88 Å². The Kier molecular flexibility index (Phi) is 5.19. The number of nitriles is 1. The molecule has 2 N–H and O–H groups in total. The van der Waals surface area contributed by atoms with E-state index in [0.29, 0.717) is 48.2 Å². The average molecular weight is 418 g/mol. The van der Waals surface area contributed by atoms with Gasteiger partial charge in [-0.05, 0) is 25.1 Å². The van der Waals surface area contributed by atoms with Crippen molar-refractivity contribution in [2.45, 2.75) is 38.0 Å². The third kappa shape index (κ3) is 4.05. The van der Waals surface area contributed by atoms with Gasteiger partial charge in [0, 0.05) is 24.9 Å². The van der Waals surface area contributed by atoms with Gasteiger partial charge in [0.15, 0.2) is 0 Å². The number of fused-ring (bicyclic) bond motifs is 2. The molecule has 1 aromatic carbocycles. The molecule has 0 amide bonds. The molecule has 2 saturated heterocycles. The van der Waals surface area contributed by atoms with Crippen molar-refractivity contribution in [3.8, 4) is 17.6 Å². The van der Waals surface area contributed by atoms with Crippen molar-refractivity contribution in [1.82, 2.24) is 30.0 Å². The smallest absolute Gasteiger partial charge is 0.221 e. The van der Waals surface area contributed by atoms with E-state index in [2.05, 4.69) is 36.8 Å². The fourth-order valence-electron chi connectivity index (χ4n) is 4.06. The highest BCUT2D eigenvalue weighted by Gasteiger charge is 2.33. The van der Waals surface area contributed by atoms with Crippen LogP contribution >= 0.6 is 0 Å². The third-order valence-electron chi connectivity index (χ3n) is 5.58. The molecular formula is C21H22N8O2. The van der Waals surface area contributed by atoms with E-state index in [1.165, 1.54) is 12.7 Å². The number of benzene rings is 1. The molecule has 2 unspecified atom stereocenters. The minimum atomic E-state index is 0.0817. The molecule has 0 spiro atoms. The summed E-state index contributed by atoms with van der Waals surface area (Å²) in [6.45, 7) is 3.35. The molecule has 10 heteroatoms. The Morgan fingerprint density at radius 3 is 2.81 bits per heavy atom. The van der Waals surface area contributed by atoms with Crippen molar-refractivity contribution in [3.63, 3.8) is 0 Å². The van der Waals surface area contributed by atoms with E-state index in [9.17, 15) is 5.26 Å². The van der Waals surface area contributed by atoms with Crippen molar-refractivity contribution < 1.29 is 9.47 Å². The molecule has 2 aliphatic heterocycles. The molecule has 158 valence electrons. The summed E-state index contributed by atoms with van der Waals surface area (Å²) in [6.07, 6.45) is 6.36. The lowest BCUT2D eigenvalue weighted by Gasteiger charge is -2.39. The SMILES string of the molecule is Cc1c(Nc2ccc(-n3cncn3)cc2C#N)ncnc1OC1CC2COCC(C1)N2. The van der Waals surface area contributed by atoms with Crippen molar-refractivity contribution in [3.05, 3.63) is 48.3 Å². The number of morpholine rings is 1. The lowest BCUT2D eigenvalue weighted by Crippen LogP contribution is -2.56. The second-order valence-electron chi connectivity index (χ2n) is 7.77. The zero-order valence-electron chi connectivity index (χ0n) is 17.0. The number of nitrogens with zero attached hydrogens (tertiary/aromatic N) is 6. The highest BCUT2D eigenvalue weighted by atomic mass is 16.5. The van der Waals surface area contributed by atoms with Gasteiger partial charge in [-0.15, -0.1) is 0 Å². The minimum absolute atomic E-state index is 0.0817. The quantitative estimate of drug-likeness (QED) is 0.639. The summed E-state index contributed by atoms with van der Waals surface area (Å²) in [6, 6.07) is 8.30. The lowest BCUT2D eigenvalue weighted by atomic mass is 9.95. The van der Waals surface area contributed by atoms with Crippen molar-refractivity contribution in [2.24, 2.45) is 0 Å². The van der Waals surface area contributed by atoms with Crippen molar-refractivity contribution >= 4 is 11.5 Å².